The van der Waals surface area contributed by atoms with Gasteiger partial charge in [-0.1, -0.05) is 34.1 Å². The molecule has 3 rings (SSSR count). The molecule has 3 aromatic rings. The standard InChI is InChI=1S/C15H13BrN2S/c1-10-11(16)5-4-7-12(10)17-9-15-18-13-6-2-3-8-14(13)19-15/h2-8,17H,9H2,1H3. The molecule has 0 amide bonds. The van der Waals surface area contributed by atoms with Gasteiger partial charge in [0.05, 0.1) is 16.8 Å². The first-order valence-electron chi connectivity index (χ1n) is 6.07. The summed E-state index contributed by atoms with van der Waals surface area (Å²) in [5, 5.41) is 4.56. The Labute approximate surface area is 124 Å². The Kier molecular flexibility index (Phi) is 3.53. The number of rotatable bonds is 3. The van der Waals surface area contributed by atoms with Crippen molar-refractivity contribution < 1.29 is 0 Å². The second-order valence-electron chi connectivity index (χ2n) is 4.34. The fourth-order valence-corrected chi connectivity index (χ4v) is 3.24. The lowest BCUT2D eigenvalue weighted by molar-refractivity contribution is 1.11. The highest BCUT2D eigenvalue weighted by atomic mass is 79.9. The summed E-state index contributed by atoms with van der Waals surface area (Å²) in [6, 6.07) is 14.4. The molecule has 2 aromatic carbocycles. The van der Waals surface area contributed by atoms with Crippen molar-refractivity contribution in [3.05, 3.63) is 57.5 Å². The number of anilines is 1. The van der Waals surface area contributed by atoms with E-state index in [0.717, 1.165) is 27.2 Å². The normalized spacial score (nSPS) is 10.8. The Morgan fingerprint density at radius 1 is 1.16 bits per heavy atom. The summed E-state index contributed by atoms with van der Waals surface area (Å²) in [7, 11) is 0. The van der Waals surface area contributed by atoms with Crippen LogP contribution in [-0.4, -0.2) is 4.98 Å². The minimum absolute atomic E-state index is 0.761. The van der Waals surface area contributed by atoms with Crippen LogP contribution < -0.4 is 5.32 Å². The van der Waals surface area contributed by atoms with Gasteiger partial charge >= 0.3 is 0 Å². The van der Waals surface area contributed by atoms with E-state index in [-0.39, 0.29) is 0 Å². The minimum Gasteiger partial charge on any atom is -0.378 e. The average molecular weight is 333 g/mol. The van der Waals surface area contributed by atoms with E-state index >= 15 is 0 Å². The highest BCUT2D eigenvalue weighted by Crippen LogP contribution is 2.26. The van der Waals surface area contributed by atoms with Crippen LogP contribution in [0.5, 0.6) is 0 Å². The van der Waals surface area contributed by atoms with Crippen molar-refractivity contribution >= 4 is 43.2 Å². The highest BCUT2D eigenvalue weighted by Gasteiger charge is 2.05. The van der Waals surface area contributed by atoms with Gasteiger partial charge in [0.25, 0.3) is 0 Å². The molecule has 0 saturated carbocycles. The number of aromatic nitrogens is 1. The summed E-state index contributed by atoms with van der Waals surface area (Å²) >= 11 is 5.29. The van der Waals surface area contributed by atoms with Crippen LogP contribution in [0.1, 0.15) is 10.6 Å². The lowest BCUT2D eigenvalue weighted by atomic mass is 10.2. The van der Waals surface area contributed by atoms with Gasteiger partial charge in [-0.15, -0.1) is 11.3 Å². The van der Waals surface area contributed by atoms with Gasteiger partial charge in [-0.3, -0.25) is 0 Å². The molecule has 0 aliphatic carbocycles. The smallest absolute Gasteiger partial charge is 0.113 e. The van der Waals surface area contributed by atoms with Crippen molar-refractivity contribution in [1.82, 2.24) is 4.98 Å². The Morgan fingerprint density at radius 2 is 2.00 bits per heavy atom. The van der Waals surface area contributed by atoms with E-state index in [0.29, 0.717) is 0 Å². The Morgan fingerprint density at radius 3 is 2.84 bits per heavy atom. The fraction of sp³-hybridized carbons (Fsp3) is 0.133. The zero-order chi connectivity index (χ0) is 13.2. The first kappa shape index (κ1) is 12.6. The molecule has 0 unspecified atom stereocenters. The number of fused-ring (bicyclic) bond motifs is 1. The summed E-state index contributed by atoms with van der Waals surface area (Å²) in [6.07, 6.45) is 0. The fourth-order valence-electron chi connectivity index (χ4n) is 1.97. The van der Waals surface area contributed by atoms with Gasteiger partial charge in [0.1, 0.15) is 5.01 Å². The Balaban J connectivity index is 1.80. The number of nitrogens with zero attached hydrogens (tertiary/aromatic N) is 1. The molecule has 1 heterocycles. The van der Waals surface area contributed by atoms with Gasteiger partial charge in [0.2, 0.25) is 0 Å². The molecule has 0 saturated heterocycles. The maximum atomic E-state index is 4.62. The van der Waals surface area contributed by atoms with E-state index in [2.05, 4.69) is 63.5 Å². The number of benzene rings is 2. The molecule has 0 bridgehead atoms. The third-order valence-electron chi connectivity index (χ3n) is 3.04. The summed E-state index contributed by atoms with van der Waals surface area (Å²) < 4.78 is 2.37. The van der Waals surface area contributed by atoms with Crippen LogP contribution in [0.2, 0.25) is 0 Å². The zero-order valence-electron chi connectivity index (χ0n) is 10.5. The van der Waals surface area contributed by atoms with E-state index in [1.807, 2.05) is 12.1 Å². The third kappa shape index (κ3) is 2.65. The second kappa shape index (κ2) is 5.31. The molecule has 0 aliphatic rings. The van der Waals surface area contributed by atoms with E-state index < -0.39 is 0 Å². The van der Waals surface area contributed by atoms with Crippen LogP contribution in [0.15, 0.2) is 46.9 Å². The lowest BCUT2D eigenvalue weighted by Gasteiger charge is -2.09. The predicted octanol–water partition coefficient (Wildman–Crippen LogP) is 4.98. The quantitative estimate of drug-likeness (QED) is 0.731. The first-order chi connectivity index (χ1) is 9.24. The van der Waals surface area contributed by atoms with E-state index in [1.54, 1.807) is 11.3 Å². The largest absolute Gasteiger partial charge is 0.378 e. The van der Waals surface area contributed by atoms with E-state index in [9.17, 15) is 0 Å². The van der Waals surface area contributed by atoms with Gasteiger partial charge in [0.15, 0.2) is 0 Å². The van der Waals surface area contributed by atoms with Crippen molar-refractivity contribution in [3.8, 4) is 0 Å². The molecule has 0 radical (unpaired) electrons. The summed E-state index contributed by atoms with van der Waals surface area (Å²) in [5.41, 5.74) is 3.45. The van der Waals surface area contributed by atoms with Gasteiger partial charge in [-0.05, 0) is 36.8 Å². The molecule has 4 heteroatoms. The Bertz CT molecular complexity index is 688. The summed E-state index contributed by atoms with van der Waals surface area (Å²) in [4.78, 5) is 4.62. The maximum Gasteiger partial charge on any atom is 0.113 e. The van der Waals surface area contributed by atoms with E-state index in [4.69, 9.17) is 0 Å². The van der Waals surface area contributed by atoms with Crippen LogP contribution in [0.4, 0.5) is 5.69 Å². The second-order valence-corrected chi connectivity index (χ2v) is 6.31. The first-order valence-corrected chi connectivity index (χ1v) is 7.68. The lowest BCUT2D eigenvalue weighted by Crippen LogP contribution is -2.00. The number of hydrogen-bond donors (Lipinski definition) is 1. The number of thiazole rings is 1. The van der Waals surface area contributed by atoms with Crippen LogP contribution >= 0.6 is 27.3 Å². The molecule has 19 heavy (non-hydrogen) atoms. The van der Waals surface area contributed by atoms with Crippen molar-refractivity contribution in [2.75, 3.05) is 5.32 Å². The maximum absolute atomic E-state index is 4.62. The van der Waals surface area contributed by atoms with Gasteiger partial charge < -0.3 is 5.32 Å². The minimum atomic E-state index is 0.761. The highest BCUT2D eigenvalue weighted by molar-refractivity contribution is 9.10. The number of para-hydroxylation sites is 1. The van der Waals surface area contributed by atoms with Gasteiger partial charge in [-0.25, -0.2) is 4.98 Å². The molecule has 1 N–H and O–H groups in total. The average Bonchev–Trinajstić information content (AvgIpc) is 2.83. The summed E-state index contributed by atoms with van der Waals surface area (Å²) in [6.45, 7) is 2.86. The number of nitrogens with one attached hydrogen (secondary N) is 1. The third-order valence-corrected chi connectivity index (χ3v) is 4.93. The zero-order valence-corrected chi connectivity index (χ0v) is 12.9. The van der Waals surface area contributed by atoms with Crippen molar-refractivity contribution in [3.63, 3.8) is 0 Å². The molecule has 0 aliphatic heterocycles. The topological polar surface area (TPSA) is 24.9 Å². The molecule has 0 atom stereocenters. The SMILES string of the molecule is Cc1c(Br)cccc1NCc1nc2ccccc2s1. The summed E-state index contributed by atoms with van der Waals surface area (Å²) in [5.74, 6) is 0. The number of hydrogen-bond acceptors (Lipinski definition) is 3. The monoisotopic (exact) mass is 332 g/mol. The van der Waals surface area contributed by atoms with Gasteiger partial charge in [0, 0.05) is 10.2 Å². The molecule has 1 aromatic heterocycles. The molecule has 2 nitrogen and oxygen atoms in total. The Hall–Kier alpha value is -1.39. The van der Waals surface area contributed by atoms with Crippen LogP contribution in [0.3, 0.4) is 0 Å². The molecular weight excluding hydrogens is 320 g/mol. The molecule has 96 valence electrons. The van der Waals surface area contributed by atoms with Gasteiger partial charge in [-0.2, -0.15) is 0 Å². The van der Waals surface area contributed by atoms with Crippen molar-refractivity contribution in [1.29, 1.82) is 0 Å². The van der Waals surface area contributed by atoms with Crippen LogP contribution in [0.25, 0.3) is 10.2 Å². The van der Waals surface area contributed by atoms with Crippen LogP contribution in [0, 0.1) is 6.92 Å². The number of halogens is 1. The molecular formula is C15H13BrN2S. The van der Waals surface area contributed by atoms with E-state index in [1.165, 1.54) is 10.3 Å². The molecule has 0 fully saturated rings. The van der Waals surface area contributed by atoms with Crippen molar-refractivity contribution in [2.45, 2.75) is 13.5 Å². The predicted molar refractivity (Wildman–Crippen MR) is 85.8 cm³/mol. The van der Waals surface area contributed by atoms with Crippen molar-refractivity contribution in [2.24, 2.45) is 0 Å². The molecule has 0 spiro atoms. The van der Waals surface area contributed by atoms with Crippen LogP contribution in [-0.2, 0) is 6.54 Å².